The van der Waals surface area contributed by atoms with Crippen LogP contribution in [-0.2, 0) is 22.9 Å². The Bertz CT molecular complexity index is 891. The summed E-state index contributed by atoms with van der Waals surface area (Å²) in [4.78, 5) is 0. The summed E-state index contributed by atoms with van der Waals surface area (Å²) in [6.07, 6.45) is 7.29. The van der Waals surface area contributed by atoms with Crippen molar-refractivity contribution in [2.45, 2.75) is 38.3 Å². The lowest BCUT2D eigenvalue weighted by Gasteiger charge is -2.29. The molecule has 4 rings (SSSR count). The molecule has 0 fully saturated rings. The molecular weight excluding hydrogens is 324 g/mol. The summed E-state index contributed by atoms with van der Waals surface area (Å²) >= 11 is 0. The topological polar surface area (TPSA) is 35.4 Å². The van der Waals surface area contributed by atoms with Crippen molar-refractivity contribution in [3.8, 4) is 0 Å². The number of nitrogens with zero attached hydrogens (tertiary/aromatic N) is 1. The van der Waals surface area contributed by atoms with Crippen molar-refractivity contribution in [1.29, 1.82) is 0 Å². The Balaban J connectivity index is 1.68. The number of hydrogen-bond acceptors (Lipinski definition) is 3. The van der Waals surface area contributed by atoms with Gasteiger partial charge < -0.3 is 19.4 Å². The van der Waals surface area contributed by atoms with Crippen LogP contribution in [0.1, 0.15) is 35.7 Å². The summed E-state index contributed by atoms with van der Waals surface area (Å²) in [6, 6.07) is 7.15. The minimum absolute atomic E-state index is 0.0261. The number of benzene rings is 1. The van der Waals surface area contributed by atoms with Gasteiger partial charge in [-0.1, -0.05) is 23.3 Å². The summed E-state index contributed by atoms with van der Waals surface area (Å²) in [5.74, 6) is 0.911. The molecule has 1 aromatic heterocycles. The molecule has 26 heavy (non-hydrogen) atoms. The average molecular weight is 352 g/mol. The van der Waals surface area contributed by atoms with Gasteiger partial charge in [0.1, 0.15) is 11.9 Å². The molecule has 2 aliphatic rings. The Morgan fingerprint density at radius 3 is 2.85 bits per heavy atom. The highest BCUT2D eigenvalue weighted by Gasteiger charge is 2.28. The van der Waals surface area contributed by atoms with E-state index in [1.165, 1.54) is 33.3 Å². The Morgan fingerprint density at radius 1 is 1.23 bits per heavy atom. The third-order valence-electron chi connectivity index (χ3n) is 5.84. The van der Waals surface area contributed by atoms with Crippen LogP contribution in [0.2, 0.25) is 0 Å². The van der Waals surface area contributed by atoms with Gasteiger partial charge >= 0.3 is 0 Å². The van der Waals surface area contributed by atoms with Gasteiger partial charge in [-0.05, 0) is 50.1 Å². The standard InChI is InChI=1S/C22H28N2O2/c1-14-5-7-19-17(11-14)16-9-10-23-18(22(16)24(19)2)12-15-6-8-20(25-3)21(13-15)26-4/h5-8,11,18,21,23H,9-10,12-13H2,1-4H3. The van der Waals surface area contributed by atoms with Gasteiger partial charge in [-0.25, -0.2) is 0 Å². The van der Waals surface area contributed by atoms with Crippen LogP contribution in [0.5, 0.6) is 0 Å². The zero-order valence-corrected chi connectivity index (χ0v) is 16.1. The zero-order chi connectivity index (χ0) is 18.3. The van der Waals surface area contributed by atoms with Gasteiger partial charge in [-0.3, -0.25) is 0 Å². The fourth-order valence-corrected chi connectivity index (χ4v) is 4.52. The number of allylic oxidation sites excluding steroid dienone is 2. The van der Waals surface area contributed by atoms with Crippen LogP contribution >= 0.6 is 0 Å². The molecule has 2 heterocycles. The van der Waals surface area contributed by atoms with E-state index in [-0.39, 0.29) is 6.10 Å². The van der Waals surface area contributed by atoms with Gasteiger partial charge in [0.2, 0.25) is 0 Å². The Hall–Kier alpha value is -2.04. The van der Waals surface area contributed by atoms with Gasteiger partial charge in [0.15, 0.2) is 0 Å². The third-order valence-corrected chi connectivity index (χ3v) is 5.84. The highest BCUT2D eigenvalue weighted by Crippen LogP contribution is 2.37. The third kappa shape index (κ3) is 2.87. The summed E-state index contributed by atoms with van der Waals surface area (Å²) in [5.41, 5.74) is 7.03. The molecule has 0 radical (unpaired) electrons. The maximum atomic E-state index is 5.61. The van der Waals surface area contributed by atoms with E-state index in [0.717, 1.165) is 31.6 Å². The number of fused-ring (bicyclic) bond motifs is 3. The first-order valence-electron chi connectivity index (χ1n) is 9.40. The second-order valence-electron chi connectivity index (χ2n) is 7.43. The molecule has 1 aliphatic carbocycles. The van der Waals surface area contributed by atoms with Gasteiger partial charge in [-0.15, -0.1) is 0 Å². The van der Waals surface area contributed by atoms with Crippen molar-refractivity contribution in [3.05, 3.63) is 58.5 Å². The van der Waals surface area contributed by atoms with E-state index >= 15 is 0 Å². The molecule has 1 aliphatic heterocycles. The second-order valence-corrected chi connectivity index (χ2v) is 7.43. The number of aromatic nitrogens is 1. The Morgan fingerprint density at radius 2 is 2.08 bits per heavy atom. The highest BCUT2D eigenvalue weighted by atomic mass is 16.5. The zero-order valence-electron chi connectivity index (χ0n) is 16.1. The molecule has 4 heteroatoms. The molecule has 2 unspecified atom stereocenters. The molecule has 4 nitrogen and oxygen atoms in total. The minimum atomic E-state index is 0.0261. The van der Waals surface area contributed by atoms with Crippen LogP contribution in [-0.4, -0.2) is 31.4 Å². The van der Waals surface area contributed by atoms with Crippen LogP contribution in [0.4, 0.5) is 0 Å². The normalized spacial score (nSPS) is 22.8. The smallest absolute Gasteiger partial charge is 0.125 e. The highest BCUT2D eigenvalue weighted by molar-refractivity contribution is 5.86. The molecule has 1 N–H and O–H groups in total. The number of hydrogen-bond donors (Lipinski definition) is 1. The number of ether oxygens (including phenoxy) is 2. The van der Waals surface area contributed by atoms with Crippen molar-refractivity contribution >= 4 is 10.9 Å². The Labute approximate surface area is 155 Å². The summed E-state index contributed by atoms with van der Waals surface area (Å²) in [5, 5.41) is 5.16. The molecule has 0 saturated carbocycles. The van der Waals surface area contributed by atoms with Crippen LogP contribution < -0.4 is 5.32 Å². The molecule has 2 atom stereocenters. The van der Waals surface area contributed by atoms with Crippen molar-refractivity contribution < 1.29 is 9.47 Å². The van der Waals surface area contributed by atoms with E-state index in [1.807, 2.05) is 0 Å². The average Bonchev–Trinajstić information content (AvgIpc) is 2.94. The van der Waals surface area contributed by atoms with E-state index in [0.29, 0.717) is 6.04 Å². The van der Waals surface area contributed by atoms with Gasteiger partial charge in [0, 0.05) is 37.2 Å². The number of rotatable bonds is 4. The first-order valence-corrected chi connectivity index (χ1v) is 9.40. The summed E-state index contributed by atoms with van der Waals surface area (Å²) in [7, 11) is 5.67. The maximum Gasteiger partial charge on any atom is 0.125 e. The predicted octanol–water partition coefficient (Wildman–Crippen LogP) is 3.94. The fourth-order valence-electron chi connectivity index (χ4n) is 4.52. The lowest BCUT2D eigenvalue weighted by molar-refractivity contribution is 0.0765. The molecule has 0 amide bonds. The fraction of sp³-hybridized carbons (Fsp3) is 0.455. The molecule has 0 spiro atoms. The van der Waals surface area contributed by atoms with E-state index in [4.69, 9.17) is 9.47 Å². The van der Waals surface area contributed by atoms with Crippen LogP contribution in [0, 0.1) is 6.92 Å². The van der Waals surface area contributed by atoms with E-state index in [9.17, 15) is 0 Å². The molecular formula is C22H28N2O2. The first kappa shape index (κ1) is 17.4. The Kier molecular flexibility index (Phi) is 4.63. The van der Waals surface area contributed by atoms with Gasteiger partial charge in [0.05, 0.1) is 13.2 Å². The quantitative estimate of drug-likeness (QED) is 0.905. The summed E-state index contributed by atoms with van der Waals surface area (Å²) < 4.78 is 13.4. The maximum absolute atomic E-state index is 5.61. The molecule has 2 aromatic rings. The monoisotopic (exact) mass is 352 g/mol. The number of methoxy groups -OCH3 is 2. The molecule has 138 valence electrons. The van der Waals surface area contributed by atoms with E-state index in [1.54, 1.807) is 14.2 Å². The van der Waals surface area contributed by atoms with E-state index < -0.39 is 0 Å². The lowest BCUT2D eigenvalue weighted by atomic mass is 9.90. The van der Waals surface area contributed by atoms with Crippen molar-refractivity contribution in [2.75, 3.05) is 20.8 Å². The second kappa shape index (κ2) is 6.93. The largest absolute Gasteiger partial charge is 0.498 e. The first-order chi connectivity index (χ1) is 12.6. The lowest BCUT2D eigenvalue weighted by Crippen LogP contribution is -2.32. The minimum Gasteiger partial charge on any atom is -0.498 e. The van der Waals surface area contributed by atoms with Crippen LogP contribution in [0.25, 0.3) is 10.9 Å². The molecule has 0 saturated heterocycles. The van der Waals surface area contributed by atoms with Gasteiger partial charge in [-0.2, -0.15) is 0 Å². The van der Waals surface area contributed by atoms with Gasteiger partial charge in [0.25, 0.3) is 0 Å². The van der Waals surface area contributed by atoms with E-state index in [2.05, 4.69) is 54.2 Å². The summed E-state index contributed by atoms with van der Waals surface area (Å²) in [6.45, 7) is 3.21. The van der Waals surface area contributed by atoms with Crippen molar-refractivity contribution in [3.63, 3.8) is 0 Å². The van der Waals surface area contributed by atoms with Crippen LogP contribution in [0.15, 0.2) is 41.7 Å². The SMILES string of the molecule is COC1=CC=C(CC2NCCc3c2n(C)c2ccc(C)cc32)CC1OC. The molecule has 0 bridgehead atoms. The van der Waals surface area contributed by atoms with Crippen molar-refractivity contribution in [1.82, 2.24) is 9.88 Å². The van der Waals surface area contributed by atoms with Crippen molar-refractivity contribution in [2.24, 2.45) is 7.05 Å². The molecule has 1 aromatic carbocycles. The predicted molar refractivity (Wildman–Crippen MR) is 105 cm³/mol. The number of aryl methyl sites for hydroxylation is 2. The van der Waals surface area contributed by atoms with Crippen LogP contribution in [0.3, 0.4) is 0 Å². The number of nitrogens with one attached hydrogen (secondary N) is 1.